The number of carbonyl (C=O) groups is 1. The number of hydrogen-bond donors (Lipinski definition) is 4. The Morgan fingerprint density at radius 3 is 2.55 bits per heavy atom. The van der Waals surface area contributed by atoms with Gasteiger partial charge < -0.3 is 21.1 Å². The number of amides is 1. The van der Waals surface area contributed by atoms with Gasteiger partial charge in [0.15, 0.2) is 17.7 Å². The molecule has 12 heteroatoms. The number of anilines is 5. The minimum Gasteiger partial charge on any atom is -0.481 e. The largest absolute Gasteiger partial charge is 0.481 e. The Labute approximate surface area is 190 Å². The monoisotopic (exact) mass is 474 g/mol. The normalized spacial score (nSPS) is 12.0. The third-order valence-corrected chi connectivity index (χ3v) is 4.87. The van der Waals surface area contributed by atoms with Gasteiger partial charge in [-0.15, -0.1) is 0 Å². The van der Waals surface area contributed by atoms with Gasteiger partial charge in [-0.1, -0.05) is 25.1 Å². The lowest BCUT2D eigenvalue weighted by atomic mass is 10.2. The first-order valence-electron chi connectivity index (χ1n) is 9.84. The molecule has 1 atom stereocenters. The molecule has 3 rings (SSSR count). The molecule has 2 aromatic carbocycles. The second-order valence-corrected chi connectivity index (χ2v) is 8.75. The Hall–Kier alpha value is -3.93. The molecule has 5 N–H and O–H groups in total. The molecule has 0 radical (unpaired) electrons. The van der Waals surface area contributed by atoms with Crippen LogP contribution in [0.4, 0.5) is 33.2 Å². The van der Waals surface area contributed by atoms with Gasteiger partial charge in [-0.25, -0.2) is 17.8 Å². The summed E-state index contributed by atoms with van der Waals surface area (Å²) in [7, 11) is -3.54. The first-order chi connectivity index (χ1) is 15.6. The summed E-state index contributed by atoms with van der Waals surface area (Å²) < 4.78 is 45.5. The van der Waals surface area contributed by atoms with Crippen molar-refractivity contribution < 1.29 is 22.3 Å². The van der Waals surface area contributed by atoms with Crippen LogP contribution in [0.1, 0.15) is 13.3 Å². The van der Waals surface area contributed by atoms with Crippen LogP contribution in [0.2, 0.25) is 0 Å². The predicted octanol–water partition coefficient (Wildman–Crippen LogP) is 3.12. The Bertz CT molecular complexity index is 1260. The van der Waals surface area contributed by atoms with Crippen molar-refractivity contribution in [3.63, 3.8) is 0 Å². The van der Waals surface area contributed by atoms with Gasteiger partial charge in [-0.3, -0.25) is 9.52 Å². The number of nitrogens with two attached hydrogens (primary N) is 1. The summed E-state index contributed by atoms with van der Waals surface area (Å²) in [5, 5.41) is 5.71. The van der Waals surface area contributed by atoms with Crippen LogP contribution in [0.25, 0.3) is 0 Å². The van der Waals surface area contributed by atoms with E-state index < -0.39 is 27.9 Å². The van der Waals surface area contributed by atoms with E-state index in [-0.39, 0.29) is 17.5 Å². The van der Waals surface area contributed by atoms with Crippen molar-refractivity contribution in [3.05, 3.63) is 60.5 Å². The lowest BCUT2D eigenvalue weighted by molar-refractivity contribution is -0.124. The molecular formula is C21H23FN6O4S. The summed E-state index contributed by atoms with van der Waals surface area (Å²) in [4.78, 5) is 19.5. The van der Waals surface area contributed by atoms with E-state index in [1.807, 2.05) is 0 Å². The number of nitrogens with one attached hydrogen (secondary N) is 3. The molecule has 33 heavy (non-hydrogen) atoms. The number of hydrogen-bond acceptors (Lipinski definition) is 8. The number of aromatic nitrogens is 2. The first kappa shape index (κ1) is 23.7. The van der Waals surface area contributed by atoms with E-state index >= 15 is 0 Å². The van der Waals surface area contributed by atoms with E-state index in [0.717, 1.165) is 12.5 Å². The average molecular weight is 475 g/mol. The lowest BCUT2D eigenvalue weighted by Crippen LogP contribution is -2.32. The van der Waals surface area contributed by atoms with Crippen molar-refractivity contribution in [2.75, 3.05) is 21.6 Å². The summed E-state index contributed by atoms with van der Waals surface area (Å²) in [6.07, 6.45) is 1.64. The van der Waals surface area contributed by atoms with E-state index in [2.05, 4.69) is 25.3 Å². The molecule has 0 saturated carbocycles. The molecule has 3 aromatic rings. The van der Waals surface area contributed by atoms with Gasteiger partial charge in [-0.05, 0) is 30.7 Å². The number of carbonyl (C=O) groups excluding carboxylic acids is 1. The van der Waals surface area contributed by atoms with Crippen molar-refractivity contribution in [1.29, 1.82) is 0 Å². The molecule has 1 unspecified atom stereocenters. The molecule has 10 nitrogen and oxygen atoms in total. The number of para-hydroxylation sites is 2. The summed E-state index contributed by atoms with van der Waals surface area (Å²) >= 11 is 0. The molecule has 1 amide bonds. The van der Waals surface area contributed by atoms with Crippen LogP contribution in [0.5, 0.6) is 5.75 Å². The highest BCUT2D eigenvalue weighted by molar-refractivity contribution is 7.92. The van der Waals surface area contributed by atoms with Gasteiger partial charge in [-0.2, -0.15) is 4.98 Å². The van der Waals surface area contributed by atoms with Crippen LogP contribution < -0.4 is 25.8 Å². The standard InChI is InChI=1S/C21H23FN6O4S/c1-3-18(19(23)29)32-14-8-6-7-13(11-14)25-21-24-12-15(22)20(27-21)26-16-9-4-5-10-17(16)28-33(2,30)31/h4-12,18,28H,3H2,1-2H3,(H2,23,29)(H2,24,25,26,27). The smallest absolute Gasteiger partial charge is 0.258 e. The van der Waals surface area contributed by atoms with Crippen LogP contribution in [0, 0.1) is 5.82 Å². The Morgan fingerprint density at radius 1 is 1.15 bits per heavy atom. The van der Waals surface area contributed by atoms with Gasteiger partial charge in [0.05, 0.1) is 23.8 Å². The van der Waals surface area contributed by atoms with Crippen LogP contribution in [0.15, 0.2) is 54.7 Å². The van der Waals surface area contributed by atoms with Gasteiger partial charge in [0, 0.05) is 11.8 Å². The lowest BCUT2D eigenvalue weighted by Gasteiger charge is -2.15. The second kappa shape index (κ2) is 10.1. The maximum atomic E-state index is 14.4. The van der Waals surface area contributed by atoms with Gasteiger partial charge >= 0.3 is 0 Å². The molecule has 0 saturated heterocycles. The third-order valence-electron chi connectivity index (χ3n) is 4.28. The second-order valence-electron chi connectivity index (χ2n) is 7.00. The molecule has 174 valence electrons. The van der Waals surface area contributed by atoms with E-state index in [4.69, 9.17) is 10.5 Å². The molecule has 0 fully saturated rings. The minimum atomic E-state index is -3.54. The number of nitrogens with zero attached hydrogens (tertiary/aromatic N) is 2. The number of halogens is 1. The summed E-state index contributed by atoms with van der Waals surface area (Å²) in [5.74, 6) is -0.987. The van der Waals surface area contributed by atoms with Crippen molar-refractivity contribution >= 4 is 44.8 Å². The number of benzene rings is 2. The maximum absolute atomic E-state index is 14.4. The maximum Gasteiger partial charge on any atom is 0.258 e. The Morgan fingerprint density at radius 2 is 1.88 bits per heavy atom. The van der Waals surface area contributed by atoms with Crippen molar-refractivity contribution in [1.82, 2.24) is 9.97 Å². The number of rotatable bonds is 10. The predicted molar refractivity (Wildman–Crippen MR) is 124 cm³/mol. The number of ether oxygens (including phenoxy) is 1. The number of primary amides is 1. The fourth-order valence-corrected chi connectivity index (χ4v) is 3.38. The highest BCUT2D eigenvalue weighted by Crippen LogP contribution is 2.27. The topological polar surface area (TPSA) is 148 Å². The first-order valence-corrected chi connectivity index (χ1v) is 11.7. The summed E-state index contributed by atoms with van der Waals surface area (Å²) in [6, 6.07) is 13.1. The molecule has 1 heterocycles. The molecule has 0 aliphatic carbocycles. The van der Waals surface area contributed by atoms with Gasteiger partial charge in [0.2, 0.25) is 16.0 Å². The summed E-state index contributed by atoms with van der Waals surface area (Å²) in [6.45, 7) is 1.78. The molecule has 1 aromatic heterocycles. The molecular weight excluding hydrogens is 451 g/mol. The molecule has 0 aliphatic heterocycles. The minimum absolute atomic E-state index is 0.0755. The molecule has 0 spiro atoms. The van der Waals surface area contributed by atoms with Crippen molar-refractivity contribution in [2.24, 2.45) is 5.73 Å². The zero-order valence-electron chi connectivity index (χ0n) is 17.9. The zero-order valence-corrected chi connectivity index (χ0v) is 18.7. The van der Waals surface area contributed by atoms with E-state index in [9.17, 15) is 17.6 Å². The van der Waals surface area contributed by atoms with Crippen LogP contribution in [-0.2, 0) is 14.8 Å². The van der Waals surface area contributed by atoms with Gasteiger partial charge in [0.1, 0.15) is 5.75 Å². The van der Waals surface area contributed by atoms with Crippen LogP contribution >= 0.6 is 0 Å². The third kappa shape index (κ3) is 6.77. The van der Waals surface area contributed by atoms with E-state index in [0.29, 0.717) is 23.5 Å². The van der Waals surface area contributed by atoms with Gasteiger partial charge in [0.25, 0.3) is 5.91 Å². The Kier molecular flexibility index (Phi) is 7.28. The Balaban J connectivity index is 1.81. The van der Waals surface area contributed by atoms with Crippen LogP contribution in [0.3, 0.4) is 0 Å². The zero-order chi connectivity index (χ0) is 24.0. The molecule has 0 bridgehead atoms. The van der Waals surface area contributed by atoms with E-state index in [1.54, 1.807) is 49.4 Å². The SMILES string of the molecule is CCC(Oc1cccc(Nc2ncc(F)c(Nc3ccccc3NS(C)(=O)=O)n2)c1)C(N)=O. The molecule has 0 aliphatic rings. The van der Waals surface area contributed by atoms with E-state index in [1.165, 1.54) is 6.07 Å². The fourth-order valence-electron chi connectivity index (χ4n) is 2.81. The van der Waals surface area contributed by atoms with Crippen LogP contribution in [-0.4, -0.2) is 36.7 Å². The highest BCUT2D eigenvalue weighted by Gasteiger charge is 2.15. The van der Waals surface area contributed by atoms with Crippen molar-refractivity contribution in [2.45, 2.75) is 19.4 Å². The average Bonchev–Trinajstić information content (AvgIpc) is 2.75. The quantitative estimate of drug-likeness (QED) is 0.350. The fraction of sp³-hybridized carbons (Fsp3) is 0.190. The number of sulfonamides is 1. The summed E-state index contributed by atoms with van der Waals surface area (Å²) in [5.41, 5.74) is 6.38. The highest BCUT2D eigenvalue weighted by atomic mass is 32.2. The van der Waals surface area contributed by atoms with Crippen molar-refractivity contribution in [3.8, 4) is 5.75 Å².